The predicted octanol–water partition coefficient (Wildman–Crippen LogP) is 1.70. The summed E-state index contributed by atoms with van der Waals surface area (Å²) in [5.74, 6) is 0.380. The summed E-state index contributed by atoms with van der Waals surface area (Å²) in [5.41, 5.74) is -0.427. The number of rotatable bonds is 4. The fourth-order valence-corrected chi connectivity index (χ4v) is 2.94. The zero-order valence-corrected chi connectivity index (χ0v) is 10.4. The van der Waals surface area contributed by atoms with E-state index in [9.17, 15) is 5.11 Å². The number of hydrogen-bond acceptors (Lipinski definition) is 3. The van der Waals surface area contributed by atoms with Crippen molar-refractivity contribution < 1.29 is 9.84 Å². The Morgan fingerprint density at radius 3 is 3.06 bits per heavy atom. The van der Waals surface area contributed by atoms with Crippen molar-refractivity contribution >= 4 is 0 Å². The zero-order valence-electron chi connectivity index (χ0n) is 10.4. The van der Waals surface area contributed by atoms with Gasteiger partial charge in [-0.15, -0.1) is 0 Å². The van der Waals surface area contributed by atoms with E-state index in [1.165, 1.54) is 12.8 Å². The summed E-state index contributed by atoms with van der Waals surface area (Å²) >= 11 is 0. The summed E-state index contributed by atoms with van der Waals surface area (Å²) in [7, 11) is 0. The highest BCUT2D eigenvalue weighted by Gasteiger charge is 2.35. The maximum atomic E-state index is 10.5. The van der Waals surface area contributed by atoms with E-state index in [0.717, 1.165) is 45.4 Å². The van der Waals surface area contributed by atoms with Gasteiger partial charge in [0.15, 0.2) is 0 Å². The summed E-state index contributed by atoms with van der Waals surface area (Å²) in [6.45, 7) is 5.00. The van der Waals surface area contributed by atoms with Gasteiger partial charge in [0.25, 0.3) is 0 Å². The molecule has 0 spiro atoms. The van der Waals surface area contributed by atoms with Crippen molar-refractivity contribution in [3.63, 3.8) is 0 Å². The Bertz CT molecular complexity index is 216. The molecular formula is C13H25NO2. The van der Waals surface area contributed by atoms with Crippen LogP contribution in [0, 0.1) is 5.92 Å². The molecule has 2 aliphatic heterocycles. The van der Waals surface area contributed by atoms with Crippen molar-refractivity contribution in [2.24, 2.45) is 5.92 Å². The molecule has 16 heavy (non-hydrogen) atoms. The molecule has 3 unspecified atom stereocenters. The van der Waals surface area contributed by atoms with Gasteiger partial charge in [0, 0.05) is 13.2 Å². The number of piperidine rings is 1. The van der Waals surface area contributed by atoms with Gasteiger partial charge in [0.1, 0.15) is 0 Å². The van der Waals surface area contributed by atoms with E-state index in [-0.39, 0.29) is 0 Å². The van der Waals surface area contributed by atoms with Crippen LogP contribution in [0.2, 0.25) is 0 Å². The summed E-state index contributed by atoms with van der Waals surface area (Å²) in [5, 5.41) is 13.9. The normalized spacial score (nSPS) is 40.1. The predicted molar refractivity (Wildman–Crippen MR) is 64.4 cm³/mol. The number of hydrogen-bond donors (Lipinski definition) is 2. The molecule has 2 saturated heterocycles. The largest absolute Gasteiger partial charge is 0.390 e. The molecule has 3 heteroatoms. The molecule has 2 rings (SSSR count). The molecule has 0 saturated carbocycles. The molecule has 3 atom stereocenters. The second-order valence-electron chi connectivity index (χ2n) is 5.49. The first-order valence-corrected chi connectivity index (χ1v) is 6.75. The van der Waals surface area contributed by atoms with Gasteiger partial charge in [-0.25, -0.2) is 0 Å². The molecule has 2 heterocycles. The van der Waals surface area contributed by atoms with Crippen LogP contribution in [0.25, 0.3) is 0 Å². The minimum absolute atomic E-state index is 0.380. The van der Waals surface area contributed by atoms with Crippen LogP contribution in [0.15, 0.2) is 0 Å². The van der Waals surface area contributed by atoms with Gasteiger partial charge in [-0.1, -0.05) is 6.92 Å². The smallest absolute Gasteiger partial charge is 0.0697 e. The highest BCUT2D eigenvalue weighted by molar-refractivity contribution is 4.89. The molecule has 3 nitrogen and oxygen atoms in total. The summed E-state index contributed by atoms with van der Waals surface area (Å²) in [6.07, 6.45) is 6.98. The topological polar surface area (TPSA) is 41.5 Å². The molecule has 2 fully saturated rings. The zero-order chi connectivity index (χ0) is 11.4. The molecule has 0 bridgehead atoms. The van der Waals surface area contributed by atoms with E-state index in [4.69, 9.17) is 4.74 Å². The molecule has 0 aliphatic carbocycles. The number of nitrogens with one attached hydrogen (secondary N) is 1. The first kappa shape index (κ1) is 12.3. The van der Waals surface area contributed by atoms with E-state index in [0.29, 0.717) is 12.0 Å². The van der Waals surface area contributed by atoms with E-state index in [1.807, 2.05) is 0 Å². The van der Waals surface area contributed by atoms with Gasteiger partial charge in [-0.3, -0.25) is 0 Å². The third-order valence-electron chi connectivity index (χ3n) is 4.26. The van der Waals surface area contributed by atoms with Crippen molar-refractivity contribution in [1.82, 2.24) is 5.32 Å². The van der Waals surface area contributed by atoms with E-state index in [1.54, 1.807) is 0 Å². The standard InChI is InChI=1S/C13H25NO2/c1-11-10-14-8-7-13(11,15)6-2-4-12-5-3-9-16-12/h11-12,14-15H,2-10H2,1H3. The lowest BCUT2D eigenvalue weighted by atomic mass is 9.79. The van der Waals surface area contributed by atoms with Crippen LogP contribution in [-0.2, 0) is 4.74 Å². The Labute approximate surface area is 98.6 Å². The SMILES string of the molecule is CC1CNCCC1(O)CCCC1CCCO1. The summed E-state index contributed by atoms with van der Waals surface area (Å²) in [4.78, 5) is 0. The minimum Gasteiger partial charge on any atom is -0.390 e. The summed E-state index contributed by atoms with van der Waals surface area (Å²) in [6, 6.07) is 0. The average Bonchev–Trinajstić information content (AvgIpc) is 2.76. The Hall–Kier alpha value is -0.120. The fraction of sp³-hybridized carbons (Fsp3) is 1.00. The first-order chi connectivity index (χ1) is 7.71. The number of aliphatic hydroxyl groups is 1. The van der Waals surface area contributed by atoms with E-state index >= 15 is 0 Å². The van der Waals surface area contributed by atoms with E-state index < -0.39 is 5.60 Å². The lowest BCUT2D eigenvalue weighted by molar-refractivity contribution is -0.0443. The molecule has 2 aliphatic rings. The molecule has 2 N–H and O–H groups in total. The second kappa shape index (κ2) is 5.48. The Kier molecular flexibility index (Phi) is 4.22. The highest BCUT2D eigenvalue weighted by atomic mass is 16.5. The van der Waals surface area contributed by atoms with Crippen LogP contribution in [0.5, 0.6) is 0 Å². The van der Waals surface area contributed by atoms with Crippen LogP contribution in [0.3, 0.4) is 0 Å². The maximum Gasteiger partial charge on any atom is 0.0697 e. The molecular weight excluding hydrogens is 202 g/mol. The Morgan fingerprint density at radius 1 is 1.50 bits per heavy atom. The fourth-order valence-electron chi connectivity index (χ4n) is 2.94. The molecule has 0 aromatic rings. The third-order valence-corrected chi connectivity index (χ3v) is 4.26. The first-order valence-electron chi connectivity index (χ1n) is 6.75. The van der Waals surface area contributed by atoms with E-state index in [2.05, 4.69) is 12.2 Å². The molecule has 0 aromatic carbocycles. The van der Waals surface area contributed by atoms with Crippen molar-refractivity contribution in [3.05, 3.63) is 0 Å². The van der Waals surface area contributed by atoms with Crippen molar-refractivity contribution in [2.45, 2.75) is 57.2 Å². The highest BCUT2D eigenvalue weighted by Crippen LogP contribution is 2.30. The number of ether oxygens (including phenoxy) is 1. The van der Waals surface area contributed by atoms with Gasteiger partial charge in [-0.05, 0) is 51.0 Å². The molecule has 0 amide bonds. The Morgan fingerprint density at radius 2 is 2.38 bits per heavy atom. The van der Waals surface area contributed by atoms with Crippen LogP contribution >= 0.6 is 0 Å². The maximum absolute atomic E-state index is 10.5. The summed E-state index contributed by atoms with van der Waals surface area (Å²) < 4.78 is 5.61. The van der Waals surface area contributed by atoms with Crippen LogP contribution in [-0.4, -0.2) is 36.5 Å². The average molecular weight is 227 g/mol. The quantitative estimate of drug-likeness (QED) is 0.768. The van der Waals surface area contributed by atoms with Crippen LogP contribution in [0.4, 0.5) is 0 Å². The second-order valence-corrected chi connectivity index (χ2v) is 5.49. The van der Waals surface area contributed by atoms with Gasteiger partial charge in [-0.2, -0.15) is 0 Å². The van der Waals surface area contributed by atoms with Crippen LogP contribution < -0.4 is 5.32 Å². The molecule has 0 radical (unpaired) electrons. The van der Waals surface area contributed by atoms with Gasteiger partial charge >= 0.3 is 0 Å². The molecule has 0 aromatic heterocycles. The third kappa shape index (κ3) is 2.96. The van der Waals surface area contributed by atoms with Crippen molar-refractivity contribution in [1.29, 1.82) is 0 Å². The van der Waals surface area contributed by atoms with Crippen LogP contribution in [0.1, 0.15) is 45.4 Å². The van der Waals surface area contributed by atoms with Crippen molar-refractivity contribution in [2.75, 3.05) is 19.7 Å². The van der Waals surface area contributed by atoms with Gasteiger partial charge in [0.2, 0.25) is 0 Å². The van der Waals surface area contributed by atoms with Gasteiger partial charge < -0.3 is 15.2 Å². The van der Waals surface area contributed by atoms with Gasteiger partial charge in [0.05, 0.1) is 11.7 Å². The lowest BCUT2D eigenvalue weighted by Crippen LogP contribution is -2.48. The molecule has 94 valence electrons. The Balaban J connectivity index is 1.70. The monoisotopic (exact) mass is 227 g/mol. The van der Waals surface area contributed by atoms with Crippen molar-refractivity contribution in [3.8, 4) is 0 Å². The lowest BCUT2D eigenvalue weighted by Gasteiger charge is -2.38. The minimum atomic E-state index is -0.427.